The Morgan fingerprint density at radius 1 is 1.04 bits per heavy atom. The molecule has 11 heteroatoms. The monoisotopic (exact) mass is 389 g/mol. The summed E-state index contributed by atoms with van der Waals surface area (Å²) in [5.74, 6) is 2.05. The van der Waals surface area contributed by atoms with Crippen LogP contribution in [0.1, 0.15) is 11.5 Å². The van der Waals surface area contributed by atoms with Crippen LogP contribution < -0.4 is 15.4 Å². The van der Waals surface area contributed by atoms with Crippen LogP contribution in [0.15, 0.2) is 46.2 Å². The molecule has 3 N–H and O–H groups in total. The van der Waals surface area contributed by atoms with Gasteiger partial charge < -0.3 is 15.2 Å². The van der Waals surface area contributed by atoms with E-state index in [2.05, 4.69) is 35.5 Å². The molecular weight excluding hydrogens is 370 g/mol. The summed E-state index contributed by atoms with van der Waals surface area (Å²) in [7, 11) is -3.68. The van der Waals surface area contributed by atoms with Gasteiger partial charge in [0.1, 0.15) is 34.4 Å². The molecule has 0 saturated heterocycles. The molecule has 0 bridgehead atoms. The number of nitrogens with zero attached hydrogens (tertiary/aromatic N) is 4. The Hall–Kier alpha value is -3.05. The van der Waals surface area contributed by atoms with Crippen LogP contribution in [-0.2, 0) is 10.0 Å². The van der Waals surface area contributed by atoms with E-state index in [1.54, 1.807) is 26.1 Å². The van der Waals surface area contributed by atoms with E-state index in [0.717, 1.165) is 0 Å². The average Bonchev–Trinajstić information content (AvgIpc) is 2.99. The van der Waals surface area contributed by atoms with E-state index < -0.39 is 10.0 Å². The van der Waals surface area contributed by atoms with Crippen LogP contribution >= 0.6 is 0 Å². The van der Waals surface area contributed by atoms with Crippen LogP contribution in [0, 0.1) is 13.8 Å². The standard InChI is InChI=1S/C16H19N7O3S/c1-11-16(12(2)26-23-11)27(24,25)21-8-7-18-14-9-15(20-10-19-14)22-13-5-3-4-6-17-13/h3-6,9-10,21H,7-8H2,1-2H3,(H2,17,18,19,20,22). The van der Waals surface area contributed by atoms with Crippen molar-refractivity contribution in [3.8, 4) is 0 Å². The molecule has 0 amide bonds. The minimum atomic E-state index is -3.68. The maximum Gasteiger partial charge on any atom is 0.246 e. The lowest BCUT2D eigenvalue weighted by molar-refractivity contribution is 0.390. The highest BCUT2D eigenvalue weighted by Crippen LogP contribution is 2.18. The molecule has 0 aliphatic heterocycles. The average molecular weight is 389 g/mol. The van der Waals surface area contributed by atoms with Gasteiger partial charge in [-0.2, -0.15) is 0 Å². The van der Waals surface area contributed by atoms with Gasteiger partial charge >= 0.3 is 0 Å². The van der Waals surface area contributed by atoms with E-state index in [0.29, 0.717) is 29.7 Å². The van der Waals surface area contributed by atoms with E-state index in [4.69, 9.17) is 4.52 Å². The molecule has 0 spiro atoms. The quantitative estimate of drug-likeness (QED) is 0.491. The van der Waals surface area contributed by atoms with Gasteiger partial charge in [0.2, 0.25) is 10.0 Å². The molecule has 3 aromatic heterocycles. The third kappa shape index (κ3) is 4.77. The van der Waals surface area contributed by atoms with Crippen molar-refractivity contribution < 1.29 is 12.9 Å². The minimum absolute atomic E-state index is 0.0754. The Morgan fingerprint density at radius 3 is 2.56 bits per heavy atom. The smallest absolute Gasteiger partial charge is 0.246 e. The molecule has 10 nitrogen and oxygen atoms in total. The van der Waals surface area contributed by atoms with Gasteiger partial charge in [0.25, 0.3) is 0 Å². The van der Waals surface area contributed by atoms with Gasteiger partial charge in [0.05, 0.1) is 0 Å². The number of pyridine rings is 1. The first kappa shape index (κ1) is 18.7. The third-order valence-electron chi connectivity index (χ3n) is 3.55. The summed E-state index contributed by atoms with van der Waals surface area (Å²) in [6, 6.07) is 7.21. The first-order valence-corrected chi connectivity index (χ1v) is 9.60. The highest BCUT2D eigenvalue weighted by Gasteiger charge is 2.23. The summed E-state index contributed by atoms with van der Waals surface area (Å²) in [6.07, 6.45) is 3.08. The molecule has 0 unspecified atom stereocenters. The first-order chi connectivity index (χ1) is 13.0. The first-order valence-electron chi connectivity index (χ1n) is 8.12. The molecule has 27 heavy (non-hydrogen) atoms. The molecule has 142 valence electrons. The molecule has 0 fully saturated rings. The van der Waals surface area contributed by atoms with Crippen molar-refractivity contribution in [1.82, 2.24) is 24.8 Å². The second kappa shape index (κ2) is 8.10. The van der Waals surface area contributed by atoms with Crippen LogP contribution in [0.2, 0.25) is 0 Å². The number of aryl methyl sites for hydroxylation is 2. The predicted molar refractivity (Wildman–Crippen MR) is 99.2 cm³/mol. The van der Waals surface area contributed by atoms with E-state index in [9.17, 15) is 8.42 Å². The second-order valence-electron chi connectivity index (χ2n) is 5.61. The lowest BCUT2D eigenvalue weighted by Crippen LogP contribution is -2.29. The van der Waals surface area contributed by atoms with Gasteiger partial charge in [-0.15, -0.1) is 0 Å². The molecular formula is C16H19N7O3S. The maximum absolute atomic E-state index is 12.3. The number of anilines is 3. The molecule has 0 aromatic carbocycles. The fourth-order valence-corrected chi connectivity index (χ4v) is 3.75. The zero-order valence-electron chi connectivity index (χ0n) is 14.8. The van der Waals surface area contributed by atoms with Crippen molar-refractivity contribution >= 4 is 27.5 Å². The zero-order chi connectivity index (χ0) is 19.3. The summed E-state index contributed by atoms with van der Waals surface area (Å²) < 4.78 is 32.1. The van der Waals surface area contributed by atoms with Gasteiger partial charge in [-0.1, -0.05) is 11.2 Å². The fourth-order valence-electron chi connectivity index (χ4n) is 2.40. The van der Waals surface area contributed by atoms with Crippen LogP contribution in [-0.4, -0.2) is 41.6 Å². The molecule has 3 heterocycles. The largest absolute Gasteiger partial charge is 0.369 e. The Morgan fingerprint density at radius 2 is 1.85 bits per heavy atom. The van der Waals surface area contributed by atoms with Gasteiger partial charge in [0, 0.05) is 25.4 Å². The van der Waals surface area contributed by atoms with Crippen molar-refractivity contribution in [2.45, 2.75) is 18.7 Å². The van der Waals surface area contributed by atoms with Crippen molar-refractivity contribution in [2.75, 3.05) is 23.7 Å². The highest BCUT2D eigenvalue weighted by molar-refractivity contribution is 7.89. The Bertz CT molecular complexity index is 986. The van der Waals surface area contributed by atoms with E-state index in [-0.39, 0.29) is 17.2 Å². The number of aromatic nitrogens is 4. The van der Waals surface area contributed by atoms with Crippen molar-refractivity contribution in [3.63, 3.8) is 0 Å². The molecule has 0 radical (unpaired) electrons. The lowest BCUT2D eigenvalue weighted by atomic mass is 10.4. The fraction of sp³-hybridized carbons (Fsp3) is 0.250. The summed E-state index contributed by atoms with van der Waals surface area (Å²) in [6.45, 7) is 3.65. The molecule has 0 aliphatic rings. The van der Waals surface area contributed by atoms with Crippen molar-refractivity contribution in [3.05, 3.63) is 48.2 Å². The van der Waals surface area contributed by atoms with Gasteiger partial charge in [-0.3, -0.25) is 0 Å². The summed E-state index contributed by atoms with van der Waals surface area (Å²) in [4.78, 5) is 12.5. The number of sulfonamides is 1. The Labute approximate surface area is 156 Å². The number of hydrogen-bond donors (Lipinski definition) is 3. The van der Waals surface area contributed by atoms with Crippen molar-refractivity contribution in [1.29, 1.82) is 0 Å². The molecule has 0 saturated carbocycles. The minimum Gasteiger partial charge on any atom is -0.369 e. The van der Waals surface area contributed by atoms with Gasteiger partial charge in [-0.05, 0) is 26.0 Å². The molecule has 3 rings (SSSR count). The Kier molecular flexibility index (Phi) is 5.62. The van der Waals surface area contributed by atoms with Gasteiger partial charge in [-0.25, -0.2) is 28.1 Å². The maximum atomic E-state index is 12.3. The lowest BCUT2D eigenvalue weighted by Gasteiger charge is -2.09. The van der Waals surface area contributed by atoms with Gasteiger partial charge in [0.15, 0.2) is 5.76 Å². The predicted octanol–water partition coefficient (Wildman–Crippen LogP) is 1.61. The van der Waals surface area contributed by atoms with Crippen LogP contribution in [0.3, 0.4) is 0 Å². The van der Waals surface area contributed by atoms with Crippen LogP contribution in [0.5, 0.6) is 0 Å². The molecule has 0 atom stereocenters. The summed E-state index contributed by atoms with van der Waals surface area (Å²) in [5, 5.41) is 9.76. The third-order valence-corrected chi connectivity index (χ3v) is 5.25. The zero-order valence-corrected chi connectivity index (χ0v) is 15.6. The topological polar surface area (TPSA) is 135 Å². The molecule has 3 aromatic rings. The van der Waals surface area contributed by atoms with Crippen LogP contribution in [0.4, 0.5) is 17.5 Å². The second-order valence-corrected chi connectivity index (χ2v) is 7.31. The van der Waals surface area contributed by atoms with E-state index in [1.165, 1.54) is 6.33 Å². The summed E-state index contributed by atoms with van der Waals surface area (Å²) in [5.41, 5.74) is 0.328. The molecule has 0 aliphatic carbocycles. The highest BCUT2D eigenvalue weighted by atomic mass is 32.2. The Balaban J connectivity index is 1.54. The summed E-state index contributed by atoms with van der Waals surface area (Å²) >= 11 is 0. The van der Waals surface area contributed by atoms with E-state index in [1.807, 2.05) is 18.2 Å². The SMILES string of the molecule is Cc1noc(C)c1S(=O)(=O)NCCNc1cc(Nc2ccccn2)ncn1. The normalized spacial score (nSPS) is 11.3. The number of rotatable bonds is 8. The van der Waals surface area contributed by atoms with E-state index >= 15 is 0 Å². The van der Waals surface area contributed by atoms with Crippen LogP contribution in [0.25, 0.3) is 0 Å². The van der Waals surface area contributed by atoms with Crippen molar-refractivity contribution in [2.24, 2.45) is 0 Å². The number of hydrogen-bond acceptors (Lipinski definition) is 9. The number of nitrogens with one attached hydrogen (secondary N) is 3.